The summed E-state index contributed by atoms with van der Waals surface area (Å²) in [5, 5.41) is 3.35. The van der Waals surface area contributed by atoms with Gasteiger partial charge in [0.05, 0.1) is 17.6 Å². The van der Waals surface area contributed by atoms with Gasteiger partial charge in [-0.1, -0.05) is 12.1 Å². The molecule has 1 N–H and O–H groups in total. The van der Waals surface area contributed by atoms with E-state index in [-0.39, 0.29) is 0 Å². The molecule has 0 radical (unpaired) electrons. The van der Waals surface area contributed by atoms with Crippen LogP contribution in [0.5, 0.6) is 5.88 Å². The molecule has 1 aromatic heterocycles. The van der Waals surface area contributed by atoms with Crippen LogP contribution in [0.15, 0.2) is 24.3 Å². The third-order valence-electron chi connectivity index (χ3n) is 4.01. The molecule has 0 saturated carbocycles. The largest absolute Gasteiger partial charge is 0.475 e. The molecule has 1 aliphatic rings. The maximum atomic E-state index is 5.72. The zero-order valence-corrected chi connectivity index (χ0v) is 12.7. The molecule has 0 amide bonds. The Morgan fingerprint density at radius 3 is 2.48 bits per heavy atom. The molecule has 3 rings (SSSR count). The Morgan fingerprint density at radius 1 is 1.19 bits per heavy atom. The number of nitrogens with one attached hydrogen (secondary N) is 1. The fourth-order valence-electron chi connectivity index (χ4n) is 2.79. The standard InChI is InChI=1S/C16H22N4O/c1-3-21-16-15(20-10-8-12(17-2)9-11-20)18-13-6-4-5-7-14(13)19-16/h4-7,12,17H,3,8-11H2,1-2H3. The van der Waals surface area contributed by atoms with E-state index in [0.717, 1.165) is 42.8 Å². The summed E-state index contributed by atoms with van der Waals surface area (Å²) < 4.78 is 5.72. The number of anilines is 1. The molecule has 0 aliphatic carbocycles. The van der Waals surface area contributed by atoms with E-state index in [1.54, 1.807) is 0 Å². The van der Waals surface area contributed by atoms with Crippen LogP contribution in [-0.4, -0.2) is 42.8 Å². The maximum absolute atomic E-state index is 5.72. The Balaban J connectivity index is 1.94. The smallest absolute Gasteiger partial charge is 0.258 e. The van der Waals surface area contributed by atoms with Gasteiger partial charge < -0.3 is 15.0 Å². The van der Waals surface area contributed by atoms with E-state index in [9.17, 15) is 0 Å². The van der Waals surface area contributed by atoms with Crippen molar-refractivity contribution in [2.24, 2.45) is 0 Å². The fourth-order valence-corrected chi connectivity index (χ4v) is 2.79. The Kier molecular flexibility index (Phi) is 4.20. The zero-order chi connectivity index (χ0) is 14.7. The lowest BCUT2D eigenvalue weighted by Crippen LogP contribution is -2.41. The molecule has 1 aromatic carbocycles. The molecule has 1 fully saturated rings. The molecule has 2 aromatic rings. The van der Waals surface area contributed by atoms with E-state index >= 15 is 0 Å². The Labute approximate surface area is 125 Å². The predicted octanol–water partition coefficient (Wildman–Crippen LogP) is 2.22. The predicted molar refractivity (Wildman–Crippen MR) is 85.0 cm³/mol. The number of ether oxygens (including phenoxy) is 1. The first-order valence-electron chi connectivity index (χ1n) is 7.63. The quantitative estimate of drug-likeness (QED) is 0.934. The van der Waals surface area contributed by atoms with Crippen molar-refractivity contribution in [1.29, 1.82) is 0 Å². The number of para-hydroxylation sites is 2. The van der Waals surface area contributed by atoms with Crippen LogP contribution >= 0.6 is 0 Å². The topological polar surface area (TPSA) is 50.3 Å². The highest BCUT2D eigenvalue weighted by atomic mass is 16.5. The first-order chi connectivity index (χ1) is 10.3. The minimum Gasteiger partial charge on any atom is -0.475 e. The molecule has 21 heavy (non-hydrogen) atoms. The summed E-state index contributed by atoms with van der Waals surface area (Å²) in [6, 6.07) is 8.55. The van der Waals surface area contributed by atoms with Gasteiger partial charge in [-0.15, -0.1) is 0 Å². The number of hydrogen-bond acceptors (Lipinski definition) is 5. The van der Waals surface area contributed by atoms with Crippen LogP contribution in [0.1, 0.15) is 19.8 Å². The Morgan fingerprint density at radius 2 is 1.86 bits per heavy atom. The number of benzene rings is 1. The van der Waals surface area contributed by atoms with Gasteiger partial charge in [0.25, 0.3) is 5.88 Å². The van der Waals surface area contributed by atoms with Gasteiger partial charge >= 0.3 is 0 Å². The van der Waals surface area contributed by atoms with Crippen LogP contribution in [-0.2, 0) is 0 Å². The second-order valence-electron chi connectivity index (χ2n) is 5.32. The number of aromatic nitrogens is 2. The number of hydrogen-bond donors (Lipinski definition) is 1. The molecular weight excluding hydrogens is 264 g/mol. The number of rotatable bonds is 4. The van der Waals surface area contributed by atoms with Crippen molar-refractivity contribution in [2.75, 3.05) is 31.6 Å². The van der Waals surface area contributed by atoms with Gasteiger partial charge in [0.2, 0.25) is 0 Å². The van der Waals surface area contributed by atoms with Gasteiger partial charge in [0.15, 0.2) is 5.82 Å². The van der Waals surface area contributed by atoms with Crippen molar-refractivity contribution in [2.45, 2.75) is 25.8 Å². The van der Waals surface area contributed by atoms with Crippen molar-refractivity contribution < 1.29 is 4.74 Å². The molecule has 0 unspecified atom stereocenters. The van der Waals surface area contributed by atoms with Crippen molar-refractivity contribution in [3.63, 3.8) is 0 Å². The molecule has 0 atom stereocenters. The first-order valence-corrected chi connectivity index (χ1v) is 7.63. The highest BCUT2D eigenvalue weighted by molar-refractivity contribution is 5.77. The first kappa shape index (κ1) is 14.1. The summed E-state index contributed by atoms with van der Waals surface area (Å²) in [7, 11) is 2.03. The summed E-state index contributed by atoms with van der Waals surface area (Å²) in [6.07, 6.45) is 2.24. The van der Waals surface area contributed by atoms with E-state index in [2.05, 4.69) is 15.2 Å². The highest BCUT2D eigenvalue weighted by Gasteiger charge is 2.22. The SMILES string of the molecule is CCOc1nc2ccccc2nc1N1CCC(NC)CC1. The summed E-state index contributed by atoms with van der Waals surface area (Å²) in [5.41, 5.74) is 1.81. The summed E-state index contributed by atoms with van der Waals surface area (Å²) in [5.74, 6) is 1.53. The summed E-state index contributed by atoms with van der Waals surface area (Å²) >= 11 is 0. The van der Waals surface area contributed by atoms with Crippen molar-refractivity contribution in [1.82, 2.24) is 15.3 Å². The monoisotopic (exact) mass is 286 g/mol. The second kappa shape index (κ2) is 6.26. The Bertz CT molecular complexity index is 608. The zero-order valence-electron chi connectivity index (χ0n) is 12.7. The average Bonchev–Trinajstić information content (AvgIpc) is 2.55. The highest BCUT2D eigenvalue weighted by Crippen LogP contribution is 2.29. The minimum absolute atomic E-state index is 0.602. The molecule has 0 spiro atoms. The Hall–Kier alpha value is -1.88. The molecule has 5 nitrogen and oxygen atoms in total. The van der Waals surface area contributed by atoms with Crippen molar-refractivity contribution in [3.8, 4) is 5.88 Å². The molecule has 0 bridgehead atoms. The lowest BCUT2D eigenvalue weighted by atomic mass is 10.1. The third-order valence-corrected chi connectivity index (χ3v) is 4.01. The van der Waals surface area contributed by atoms with E-state index < -0.39 is 0 Å². The molecule has 112 valence electrons. The molecule has 1 saturated heterocycles. The summed E-state index contributed by atoms with van der Waals surface area (Å²) in [6.45, 7) is 4.55. The van der Waals surface area contributed by atoms with Crippen LogP contribution in [0, 0.1) is 0 Å². The van der Waals surface area contributed by atoms with Crippen molar-refractivity contribution in [3.05, 3.63) is 24.3 Å². The number of fused-ring (bicyclic) bond motifs is 1. The normalized spacial score (nSPS) is 16.4. The van der Waals surface area contributed by atoms with E-state index in [1.165, 1.54) is 0 Å². The number of piperidine rings is 1. The van der Waals surface area contributed by atoms with E-state index in [0.29, 0.717) is 18.5 Å². The maximum Gasteiger partial charge on any atom is 0.258 e. The second-order valence-corrected chi connectivity index (χ2v) is 5.32. The number of nitrogens with zero attached hydrogens (tertiary/aromatic N) is 3. The van der Waals surface area contributed by atoms with Gasteiger partial charge in [-0.2, -0.15) is 0 Å². The van der Waals surface area contributed by atoms with Gasteiger partial charge in [-0.3, -0.25) is 0 Å². The molecule has 5 heteroatoms. The van der Waals surface area contributed by atoms with Gasteiger partial charge in [-0.25, -0.2) is 9.97 Å². The van der Waals surface area contributed by atoms with E-state index in [1.807, 2.05) is 38.2 Å². The summed E-state index contributed by atoms with van der Waals surface area (Å²) in [4.78, 5) is 11.7. The average molecular weight is 286 g/mol. The van der Waals surface area contributed by atoms with Crippen LogP contribution in [0.2, 0.25) is 0 Å². The van der Waals surface area contributed by atoms with Crippen LogP contribution in [0.3, 0.4) is 0 Å². The molecule has 1 aliphatic heterocycles. The van der Waals surface area contributed by atoms with Crippen LogP contribution in [0.25, 0.3) is 11.0 Å². The van der Waals surface area contributed by atoms with Crippen LogP contribution in [0.4, 0.5) is 5.82 Å². The molecular formula is C16H22N4O. The van der Waals surface area contributed by atoms with Gasteiger partial charge in [0.1, 0.15) is 0 Å². The molecule has 2 heterocycles. The van der Waals surface area contributed by atoms with E-state index in [4.69, 9.17) is 9.72 Å². The van der Waals surface area contributed by atoms with Gasteiger partial charge in [0, 0.05) is 19.1 Å². The fraction of sp³-hybridized carbons (Fsp3) is 0.500. The lowest BCUT2D eigenvalue weighted by Gasteiger charge is -2.33. The van der Waals surface area contributed by atoms with Crippen molar-refractivity contribution >= 4 is 16.9 Å². The lowest BCUT2D eigenvalue weighted by molar-refractivity contribution is 0.325. The minimum atomic E-state index is 0.602. The third kappa shape index (κ3) is 2.93. The van der Waals surface area contributed by atoms with Crippen LogP contribution < -0.4 is 15.0 Å². The van der Waals surface area contributed by atoms with Gasteiger partial charge in [-0.05, 0) is 38.9 Å².